The van der Waals surface area contributed by atoms with E-state index in [9.17, 15) is 4.79 Å². The van der Waals surface area contributed by atoms with Crippen molar-refractivity contribution in [3.63, 3.8) is 0 Å². The van der Waals surface area contributed by atoms with Crippen molar-refractivity contribution in [1.82, 2.24) is 14.8 Å². The Morgan fingerprint density at radius 3 is 3.15 bits per heavy atom. The van der Waals surface area contributed by atoms with E-state index in [0.717, 1.165) is 5.56 Å². The summed E-state index contributed by atoms with van der Waals surface area (Å²) in [6.07, 6.45) is -0.0268. The number of aromatic nitrogens is 3. The molecule has 7 nitrogen and oxygen atoms in total. The average molecular weight is 275 g/mol. The molecule has 20 heavy (non-hydrogen) atoms. The minimum atomic E-state index is -0.868. The van der Waals surface area contributed by atoms with Crippen LogP contribution in [-0.2, 0) is 22.7 Å². The normalized spacial score (nSPS) is 14.2. The van der Waals surface area contributed by atoms with Crippen LogP contribution in [0.3, 0.4) is 0 Å². The summed E-state index contributed by atoms with van der Waals surface area (Å²) in [6.45, 7) is 1.25. The van der Waals surface area contributed by atoms with Crippen LogP contribution in [0.2, 0.25) is 0 Å². The Bertz CT molecular complexity index is 615. The molecule has 0 amide bonds. The zero-order valence-corrected chi connectivity index (χ0v) is 10.7. The standard InChI is InChI=1S/C13H13N3O4/c17-11(18)7-9-2-1-3-10(6-9)12-14-13-16(15-12)8-19-4-5-20-13/h1-3,6H,4-5,7-8H2,(H,17,18). The fraction of sp³-hybridized carbons (Fsp3) is 0.308. The van der Waals surface area contributed by atoms with Crippen LogP contribution in [0.25, 0.3) is 11.4 Å². The first-order valence-electron chi connectivity index (χ1n) is 6.19. The van der Waals surface area contributed by atoms with Crippen molar-refractivity contribution in [1.29, 1.82) is 0 Å². The second-order valence-electron chi connectivity index (χ2n) is 4.37. The maximum Gasteiger partial charge on any atom is 0.317 e. The third kappa shape index (κ3) is 2.62. The van der Waals surface area contributed by atoms with E-state index in [-0.39, 0.29) is 6.42 Å². The number of ether oxygens (including phenoxy) is 2. The molecule has 2 aromatic rings. The number of carboxylic acid groups (broad SMARTS) is 1. The van der Waals surface area contributed by atoms with Gasteiger partial charge in [0.15, 0.2) is 5.82 Å². The number of nitrogens with zero attached hydrogens (tertiary/aromatic N) is 3. The van der Waals surface area contributed by atoms with Gasteiger partial charge in [-0.25, -0.2) is 0 Å². The lowest BCUT2D eigenvalue weighted by atomic mass is 10.1. The van der Waals surface area contributed by atoms with Crippen molar-refractivity contribution in [2.45, 2.75) is 13.2 Å². The van der Waals surface area contributed by atoms with Crippen molar-refractivity contribution in [3.05, 3.63) is 29.8 Å². The zero-order chi connectivity index (χ0) is 13.9. The van der Waals surface area contributed by atoms with Gasteiger partial charge in [0.05, 0.1) is 13.0 Å². The van der Waals surface area contributed by atoms with Crippen LogP contribution < -0.4 is 4.74 Å². The first kappa shape index (κ1) is 12.6. The van der Waals surface area contributed by atoms with Gasteiger partial charge in [0.1, 0.15) is 13.3 Å². The van der Waals surface area contributed by atoms with Crippen molar-refractivity contribution in [2.24, 2.45) is 0 Å². The SMILES string of the molecule is O=C(O)Cc1cccc(-c2nc3n(n2)COCCO3)c1. The number of hydrogen-bond donors (Lipinski definition) is 1. The van der Waals surface area contributed by atoms with Gasteiger partial charge in [0.25, 0.3) is 0 Å². The molecule has 1 aliphatic rings. The predicted octanol–water partition coefficient (Wildman–Crippen LogP) is 0.939. The highest BCUT2D eigenvalue weighted by Crippen LogP contribution is 2.21. The molecular weight excluding hydrogens is 262 g/mol. The van der Waals surface area contributed by atoms with Crippen molar-refractivity contribution in [3.8, 4) is 17.4 Å². The second-order valence-corrected chi connectivity index (χ2v) is 4.37. The quantitative estimate of drug-likeness (QED) is 0.897. The third-order valence-electron chi connectivity index (χ3n) is 2.85. The monoisotopic (exact) mass is 275 g/mol. The Hall–Kier alpha value is -2.41. The van der Waals surface area contributed by atoms with Gasteiger partial charge in [-0.05, 0) is 11.6 Å². The van der Waals surface area contributed by atoms with E-state index in [1.807, 2.05) is 6.07 Å². The van der Waals surface area contributed by atoms with E-state index < -0.39 is 5.97 Å². The van der Waals surface area contributed by atoms with Gasteiger partial charge < -0.3 is 14.6 Å². The van der Waals surface area contributed by atoms with Crippen LogP contribution in [0, 0.1) is 0 Å². The Labute approximate surface area is 114 Å². The molecule has 0 unspecified atom stereocenters. The smallest absolute Gasteiger partial charge is 0.317 e. The third-order valence-corrected chi connectivity index (χ3v) is 2.85. The van der Waals surface area contributed by atoms with Crippen LogP contribution in [0.1, 0.15) is 5.56 Å². The first-order chi connectivity index (χ1) is 9.72. The minimum Gasteiger partial charge on any atom is -0.481 e. The summed E-state index contributed by atoms with van der Waals surface area (Å²) in [6, 6.07) is 7.57. The highest BCUT2D eigenvalue weighted by molar-refractivity contribution is 5.71. The zero-order valence-electron chi connectivity index (χ0n) is 10.7. The number of hydrogen-bond acceptors (Lipinski definition) is 5. The lowest BCUT2D eigenvalue weighted by Gasteiger charge is -2.00. The van der Waals surface area contributed by atoms with Crippen LogP contribution in [0.4, 0.5) is 0 Å². The van der Waals surface area contributed by atoms with Crippen molar-refractivity contribution in [2.75, 3.05) is 13.2 Å². The van der Waals surface area contributed by atoms with E-state index in [1.54, 1.807) is 22.9 Å². The lowest BCUT2D eigenvalue weighted by Crippen LogP contribution is -2.02. The molecule has 0 radical (unpaired) electrons. The first-order valence-corrected chi connectivity index (χ1v) is 6.19. The summed E-state index contributed by atoms with van der Waals surface area (Å²) in [5.74, 6) is -0.370. The minimum absolute atomic E-state index is 0.0268. The number of fused-ring (bicyclic) bond motifs is 1. The van der Waals surface area contributed by atoms with E-state index in [1.165, 1.54) is 0 Å². The predicted molar refractivity (Wildman–Crippen MR) is 68.2 cm³/mol. The van der Waals surface area contributed by atoms with E-state index in [4.69, 9.17) is 14.6 Å². The molecular formula is C13H13N3O4. The molecule has 0 saturated heterocycles. The molecule has 0 spiro atoms. The molecule has 0 fully saturated rings. The molecule has 3 rings (SSSR count). The maximum absolute atomic E-state index is 10.7. The fourth-order valence-corrected chi connectivity index (χ4v) is 1.98. The molecule has 0 atom stereocenters. The van der Waals surface area contributed by atoms with E-state index >= 15 is 0 Å². The van der Waals surface area contributed by atoms with E-state index in [2.05, 4.69) is 10.1 Å². The summed E-state index contributed by atoms with van der Waals surface area (Å²) in [5, 5.41) is 13.1. The molecule has 0 saturated carbocycles. The topological polar surface area (TPSA) is 86.5 Å². The van der Waals surface area contributed by atoms with Gasteiger partial charge in [-0.15, -0.1) is 5.10 Å². The maximum atomic E-state index is 10.7. The Morgan fingerprint density at radius 1 is 1.40 bits per heavy atom. The molecule has 0 aliphatic carbocycles. The summed E-state index contributed by atoms with van der Waals surface area (Å²) < 4.78 is 12.3. The Morgan fingerprint density at radius 2 is 2.30 bits per heavy atom. The van der Waals surface area contributed by atoms with E-state index in [0.29, 0.717) is 37.3 Å². The number of benzene rings is 1. The fourth-order valence-electron chi connectivity index (χ4n) is 1.98. The Kier molecular flexibility index (Phi) is 3.34. The summed E-state index contributed by atoms with van der Waals surface area (Å²) >= 11 is 0. The summed E-state index contributed by atoms with van der Waals surface area (Å²) in [5.41, 5.74) is 1.46. The number of carbonyl (C=O) groups is 1. The number of rotatable bonds is 3. The number of aliphatic carboxylic acids is 1. The molecule has 2 heterocycles. The molecule has 7 heteroatoms. The van der Waals surface area contributed by atoms with Gasteiger partial charge in [-0.3, -0.25) is 4.79 Å². The van der Waals surface area contributed by atoms with Crippen LogP contribution >= 0.6 is 0 Å². The Balaban J connectivity index is 1.91. The van der Waals surface area contributed by atoms with Gasteiger partial charge in [0, 0.05) is 5.56 Å². The summed E-state index contributed by atoms with van der Waals surface area (Å²) in [7, 11) is 0. The van der Waals surface area contributed by atoms with Crippen molar-refractivity contribution < 1.29 is 19.4 Å². The molecule has 104 valence electrons. The molecule has 1 aromatic heterocycles. The van der Waals surface area contributed by atoms with Crippen LogP contribution in [0.15, 0.2) is 24.3 Å². The molecule has 1 N–H and O–H groups in total. The second kappa shape index (κ2) is 5.30. The highest BCUT2D eigenvalue weighted by atomic mass is 16.6. The van der Waals surface area contributed by atoms with Crippen LogP contribution in [0.5, 0.6) is 6.01 Å². The molecule has 1 aliphatic heterocycles. The lowest BCUT2D eigenvalue weighted by molar-refractivity contribution is -0.136. The van der Waals surface area contributed by atoms with Crippen molar-refractivity contribution >= 4 is 5.97 Å². The number of carboxylic acids is 1. The van der Waals surface area contributed by atoms with Gasteiger partial charge in [0.2, 0.25) is 0 Å². The van der Waals surface area contributed by atoms with Gasteiger partial charge in [-0.1, -0.05) is 18.2 Å². The van der Waals surface area contributed by atoms with Gasteiger partial charge in [-0.2, -0.15) is 9.67 Å². The average Bonchev–Trinajstić information content (AvgIpc) is 2.70. The van der Waals surface area contributed by atoms with Gasteiger partial charge >= 0.3 is 12.0 Å². The molecule has 0 bridgehead atoms. The largest absolute Gasteiger partial charge is 0.481 e. The van der Waals surface area contributed by atoms with Crippen LogP contribution in [-0.4, -0.2) is 39.1 Å². The summed E-state index contributed by atoms with van der Waals surface area (Å²) in [4.78, 5) is 15.0. The highest BCUT2D eigenvalue weighted by Gasteiger charge is 2.15. The molecule has 1 aromatic carbocycles.